The zero-order chi connectivity index (χ0) is 17.9. The molecule has 26 heavy (non-hydrogen) atoms. The maximum atomic E-state index is 11.1. The van der Waals surface area contributed by atoms with Gasteiger partial charge in [-0.3, -0.25) is 9.80 Å². The number of likely N-dealkylation sites (tertiary alicyclic amines) is 1. The number of piperidine rings is 1. The number of benzene rings is 1. The van der Waals surface area contributed by atoms with Crippen molar-refractivity contribution in [2.75, 3.05) is 31.8 Å². The number of nitrogens with zero attached hydrogens (tertiary/aromatic N) is 4. The zero-order valence-electron chi connectivity index (χ0n) is 14.8. The normalized spacial score (nSPS) is 19.7. The lowest BCUT2D eigenvalue weighted by molar-refractivity contribution is -0.112. The Balaban J connectivity index is 1.60. The Hall–Kier alpha value is -1.96. The first-order valence-electron chi connectivity index (χ1n) is 8.84. The molecule has 4 rings (SSSR count). The van der Waals surface area contributed by atoms with Crippen LogP contribution in [0.3, 0.4) is 0 Å². The number of carbonyl (C=O) groups is 1. The summed E-state index contributed by atoms with van der Waals surface area (Å²) in [5.74, 6) is 1.01. The van der Waals surface area contributed by atoms with E-state index in [1.165, 1.54) is 5.56 Å². The van der Waals surface area contributed by atoms with E-state index in [0.717, 1.165) is 60.2 Å². The molecule has 1 fully saturated rings. The molecule has 2 aliphatic rings. The number of aldehydes is 1. The Morgan fingerprint density at radius 3 is 3.08 bits per heavy atom. The van der Waals surface area contributed by atoms with E-state index < -0.39 is 0 Å². The van der Waals surface area contributed by atoms with Crippen molar-refractivity contribution in [1.29, 1.82) is 0 Å². The van der Waals surface area contributed by atoms with Gasteiger partial charge < -0.3 is 9.53 Å². The van der Waals surface area contributed by atoms with Crippen LogP contribution in [0.4, 0.5) is 11.5 Å². The highest BCUT2D eigenvalue weighted by molar-refractivity contribution is 7.99. The molecule has 0 N–H and O–H groups in total. The lowest BCUT2D eigenvalue weighted by Gasteiger charge is -2.32. The van der Waals surface area contributed by atoms with Gasteiger partial charge in [-0.1, -0.05) is 17.8 Å². The van der Waals surface area contributed by atoms with Gasteiger partial charge in [0, 0.05) is 43.4 Å². The van der Waals surface area contributed by atoms with E-state index >= 15 is 0 Å². The lowest BCUT2D eigenvalue weighted by Crippen LogP contribution is -2.35. The molecule has 1 unspecified atom stereocenters. The Morgan fingerprint density at radius 1 is 1.35 bits per heavy atom. The van der Waals surface area contributed by atoms with Crippen LogP contribution in [0.15, 0.2) is 40.5 Å². The van der Waals surface area contributed by atoms with E-state index in [2.05, 4.69) is 38.0 Å². The van der Waals surface area contributed by atoms with Crippen LogP contribution < -0.4 is 4.90 Å². The summed E-state index contributed by atoms with van der Waals surface area (Å²) in [7, 11) is 1.69. The number of methoxy groups -OCH3 is 1. The van der Waals surface area contributed by atoms with Crippen LogP contribution in [0.1, 0.15) is 18.4 Å². The molecule has 6 nitrogen and oxygen atoms in total. The third kappa shape index (κ3) is 3.47. The van der Waals surface area contributed by atoms with Crippen LogP contribution in [0.25, 0.3) is 0 Å². The molecule has 0 amide bonds. The maximum absolute atomic E-state index is 11.1. The molecule has 0 aliphatic carbocycles. The Kier molecular flexibility index (Phi) is 5.19. The van der Waals surface area contributed by atoms with Crippen LogP contribution in [0, 0.1) is 5.92 Å². The Morgan fingerprint density at radius 2 is 2.23 bits per heavy atom. The highest BCUT2D eigenvalue weighted by Crippen LogP contribution is 2.46. The summed E-state index contributed by atoms with van der Waals surface area (Å²) in [5.41, 5.74) is 2.34. The topological polar surface area (TPSA) is 58.6 Å². The first-order chi connectivity index (χ1) is 12.8. The summed E-state index contributed by atoms with van der Waals surface area (Å²) >= 11 is 1.64. The number of hydrogen-bond acceptors (Lipinski definition) is 7. The largest absolute Gasteiger partial charge is 0.364 e. The smallest absolute Gasteiger partial charge is 0.168 e. The summed E-state index contributed by atoms with van der Waals surface area (Å²) in [6, 6.07) is 6.53. The van der Waals surface area contributed by atoms with Gasteiger partial charge in [0.25, 0.3) is 0 Å². The molecule has 0 radical (unpaired) electrons. The molecule has 1 aromatic carbocycles. The number of hydrogen-bond donors (Lipinski definition) is 0. The Bertz CT molecular complexity index is 801. The number of carbonyl (C=O) groups excluding carboxylic acids is 1. The van der Waals surface area contributed by atoms with Gasteiger partial charge in [0.1, 0.15) is 18.0 Å². The van der Waals surface area contributed by atoms with Crippen molar-refractivity contribution in [3.63, 3.8) is 0 Å². The van der Waals surface area contributed by atoms with Crippen LogP contribution in [0.2, 0.25) is 0 Å². The number of fused-ring (bicyclic) bond motifs is 2. The third-order valence-electron chi connectivity index (χ3n) is 4.82. The predicted octanol–water partition coefficient (Wildman–Crippen LogP) is 3.09. The molecule has 0 spiro atoms. The monoisotopic (exact) mass is 370 g/mol. The quantitative estimate of drug-likeness (QED) is 0.750. The highest BCUT2D eigenvalue weighted by Gasteiger charge is 2.26. The predicted molar refractivity (Wildman–Crippen MR) is 101 cm³/mol. The summed E-state index contributed by atoms with van der Waals surface area (Å²) in [6.45, 7) is 3.19. The van der Waals surface area contributed by atoms with E-state index in [1.807, 2.05) is 0 Å². The fourth-order valence-corrected chi connectivity index (χ4v) is 4.60. The summed E-state index contributed by atoms with van der Waals surface area (Å²) in [5, 5.41) is 0.898. The minimum atomic E-state index is 0.170. The number of anilines is 2. The molecule has 2 aromatic rings. The van der Waals surface area contributed by atoms with Crippen molar-refractivity contribution in [1.82, 2.24) is 14.9 Å². The van der Waals surface area contributed by atoms with Gasteiger partial charge >= 0.3 is 0 Å². The third-order valence-corrected chi connectivity index (χ3v) is 5.87. The van der Waals surface area contributed by atoms with Crippen molar-refractivity contribution in [3.8, 4) is 0 Å². The number of rotatable bonds is 5. The maximum Gasteiger partial charge on any atom is 0.168 e. The minimum absolute atomic E-state index is 0.170. The van der Waals surface area contributed by atoms with Crippen LogP contribution in [-0.4, -0.2) is 48.1 Å². The van der Waals surface area contributed by atoms with Gasteiger partial charge in [0.15, 0.2) is 5.82 Å². The van der Waals surface area contributed by atoms with Gasteiger partial charge in [0.2, 0.25) is 0 Å². The number of ether oxygens (including phenoxy) is 1. The van der Waals surface area contributed by atoms with E-state index in [1.54, 1.807) is 31.3 Å². The molecule has 7 heteroatoms. The second-order valence-corrected chi connectivity index (χ2v) is 7.74. The second kappa shape index (κ2) is 7.73. The molecule has 136 valence electrons. The van der Waals surface area contributed by atoms with Crippen molar-refractivity contribution >= 4 is 29.6 Å². The molecule has 1 saturated heterocycles. The van der Waals surface area contributed by atoms with Crippen molar-refractivity contribution < 1.29 is 9.53 Å². The second-order valence-electron chi connectivity index (χ2n) is 6.71. The average molecular weight is 370 g/mol. The Labute approximate surface area is 157 Å². The van der Waals surface area contributed by atoms with Gasteiger partial charge in [0.05, 0.1) is 5.69 Å². The van der Waals surface area contributed by atoms with Gasteiger partial charge in [-0.2, -0.15) is 0 Å². The van der Waals surface area contributed by atoms with Gasteiger partial charge in [-0.05, 0) is 37.1 Å². The van der Waals surface area contributed by atoms with Crippen LogP contribution in [0.5, 0.6) is 0 Å². The SMILES string of the molecule is COCN1c2cc(CN3CCCC(C=O)C3)ccc2Sc2nccnc21. The van der Waals surface area contributed by atoms with Crippen molar-refractivity contribution in [2.24, 2.45) is 5.92 Å². The molecule has 0 bridgehead atoms. The van der Waals surface area contributed by atoms with E-state index in [4.69, 9.17) is 4.74 Å². The fourth-order valence-electron chi connectivity index (χ4n) is 3.62. The van der Waals surface area contributed by atoms with Crippen molar-refractivity contribution in [3.05, 3.63) is 36.2 Å². The molecule has 0 saturated carbocycles. The fraction of sp³-hybridized carbons (Fsp3) is 0.421. The molecule has 3 heterocycles. The highest BCUT2D eigenvalue weighted by atomic mass is 32.2. The molecule has 1 aromatic heterocycles. The van der Waals surface area contributed by atoms with E-state index in [9.17, 15) is 4.79 Å². The molecular weight excluding hydrogens is 348 g/mol. The molecule has 2 aliphatic heterocycles. The first kappa shape index (κ1) is 17.5. The summed E-state index contributed by atoms with van der Waals surface area (Å²) in [4.78, 5) is 25.7. The summed E-state index contributed by atoms with van der Waals surface area (Å²) < 4.78 is 5.41. The lowest BCUT2D eigenvalue weighted by atomic mass is 9.99. The van der Waals surface area contributed by atoms with E-state index in [0.29, 0.717) is 6.73 Å². The number of aromatic nitrogens is 2. The standard InChI is InChI=1S/C19H22N4O2S/c1-25-13-23-16-9-14(10-22-8-2-3-15(11-22)12-24)4-5-17(16)26-19-18(23)20-6-7-21-19/h4-7,9,12,15H,2-3,8,10-11,13H2,1H3. The summed E-state index contributed by atoms with van der Waals surface area (Å²) in [6.07, 6.45) is 6.63. The first-order valence-corrected chi connectivity index (χ1v) is 9.66. The molecular formula is C19H22N4O2S. The van der Waals surface area contributed by atoms with Gasteiger partial charge in [-0.15, -0.1) is 0 Å². The average Bonchev–Trinajstić information content (AvgIpc) is 2.68. The van der Waals surface area contributed by atoms with E-state index in [-0.39, 0.29) is 5.92 Å². The van der Waals surface area contributed by atoms with Gasteiger partial charge in [-0.25, -0.2) is 9.97 Å². The zero-order valence-corrected chi connectivity index (χ0v) is 15.6. The van der Waals surface area contributed by atoms with Crippen LogP contribution in [-0.2, 0) is 16.1 Å². The van der Waals surface area contributed by atoms with Crippen LogP contribution >= 0.6 is 11.8 Å². The minimum Gasteiger partial charge on any atom is -0.364 e. The molecule has 1 atom stereocenters. The van der Waals surface area contributed by atoms with Crippen molar-refractivity contribution in [2.45, 2.75) is 29.3 Å².